The zero-order chi connectivity index (χ0) is 18.1. The highest BCUT2D eigenvalue weighted by Gasteiger charge is 2.06. The number of halogens is 1. The molecule has 1 aromatic carbocycles. The van der Waals surface area contributed by atoms with Crippen molar-refractivity contribution in [3.8, 4) is 5.75 Å². The summed E-state index contributed by atoms with van der Waals surface area (Å²) in [7, 11) is 1.78. The fraction of sp³-hybridized carbons (Fsp3) is 0.474. The zero-order valence-electron chi connectivity index (χ0n) is 16.0. The molecule has 0 saturated heterocycles. The van der Waals surface area contributed by atoms with Crippen LogP contribution < -0.4 is 15.4 Å². The van der Waals surface area contributed by atoms with Gasteiger partial charge in [0, 0.05) is 37.5 Å². The molecule has 0 unspecified atom stereocenters. The maximum absolute atomic E-state index is 5.87. The van der Waals surface area contributed by atoms with Crippen molar-refractivity contribution in [2.24, 2.45) is 4.99 Å². The molecule has 144 valence electrons. The molecule has 0 aliphatic carbocycles. The Morgan fingerprint density at radius 1 is 1.27 bits per heavy atom. The largest absolute Gasteiger partial charge is 0.493 e. The Kier molecular flexibility index (Phi) is 10.6. The zero-order valence-corrected chi connectivity index (χ0v) is 19.1. The van der Waals surface area contributed by atoms with Gasteiger partial charge in [0.15, 0.2) is 5.96 Å². The van der Waals surface area contributed by atoms with Gasteiger partial charge in [0.25, 0.3) is 0 Å². The molecule has 1 aromatic heterocycles. The van der Waals surface area contributed by atoms with Gasteiger partial charge in [-0.15, -0.1) is 35.3 Å². The van der Waals surface area contributed by atoms with E-state index in [0.717, 1.165) is 54.0 Å². The van der Waals surface area contributed by atoms with E-state index in [1.165, 1.54) is 5.56 Å². The van der Waals surface area contributed by atoms with E-state index in [-0.39, 0.29) is 24.0 Å². The number of thiazole rings is 1. The van der Waals surface area contributed by atoms with Crippen LogP contribution >= 0.6 is 35.3 Å². The molecule has 0 saturated carbocycles. The van der Waals surface area contributed by atoms with Crippen molar-refractivity contribution in [2.75, 3.05) is 20.2 Å². The van der Waals surface area contributed by atoms with E-state index in [1.54, 1.807) is 18.4 Å². The molecule has 0 amide bonds. The standard InChI is InChI=1S/C19H28N4OS.HI/c1-5-10-24-18-11-14(2)6-7-16(18)12-22-19(20-4)21-9-8-17-13-25-15(3)23-17;/h6-7,11,13H,5,8-10,12H2,1-4H3,(H2,20,21,22);1H. The number of nitrogens with one attached hydrogen (secondary N) is 2. The van der Waals surface area contributed by atoms with E-state index in [9.17, 15) is 0 Å². The number of aliphatic imine (C=N–C) groups is 1. The molecular weight excluding hydrogens is 459 g/mol. The molecule has 1 heterocycles. The van der Waals surface area contributed by atoms with Crippen molar-refractivity contribution >= 4 is 41.3 Å². The van der Waals surface area contributed by atoms with Crippen molar-refractivity contribution < 1.29 is 4.74 Å². The summed E-state index contributed by atoms with van der Waals surface area (Å²) in [5, 5.41) is 9.90. The SMILES string of the molecule is CCCOc1cc(C)ccc1CNC(=NC)NCCc1csc(C)n1.I. The van der Waals surface area contributed by atoms with Crippen LogP contribution in [0.15, 0.2) is 28.6 Å². The van der Waals surface area contributed by atoms with E-state index in [4.69, 9.17) is 4.74 Å². The fourth-order valence-corrected chi connectivity index (χ4v) is 3.03. The number of aryl methyl sites for hydroxylation is 2. The number of rotatable bonds is 8. The third-order valence-electron chi connectivity index (χ3n) is 3.69. The third-order valence-corrected chi connectivity index (χ3v) is 4.52. The van der Waals surface area contributed by atoms with Gasteiger partial charge in [0.05, 0.1) is 17.3 Å². The number of aromatic nitrogens is 1. The molecule has 0 bridgehead atoms. The number of ether oxygens (including phenoxy) is 1. The monoisotopic (exact) mass is 488 g/mol. The van der Waals surface area contributed by atoms with E-state index < -0.39 is 0 Å². The average Bonchev–Trinajstić information content (AvgIpc) is 3.02. The summed E-state index contributed by atoms with van der Waals surface area (Å²) in [4.78, 5) is 8.76. The van der Waals surface area contributed by atoms with Gasteiger partial charge in [-0.05, 0) is 31.9 Å². The van der Waals surface area contributed by atoms with Crippen LogP contribution in [0.2, 0.25) is 0 Å². The van der Waals surface area contributed by atoms with Crippen LogP contribution in [0.1, 0.15) is 35.2 Å². The van der Waals surface area contributed by atoms with Gasteiger partial charge in [0.1, 0.15) is 5.75 Å². The van der Waals surface area contributed by atoms with Gasteiger partial charge in [0.2, 0.25) is 0 Å². The van der Waals surface area contributed by atoms with Crippen LogP contribution in [0.4, 0.5) is 0 Å². The molecule has 0 radical (unpaired) electrons. The summed E-state index contributed by atoms with van der Waals surface area (Å²) in [6.45, 7) is 8.43. The van der Waals surface area contributed by atoms with Gasteiger partial charge in [-0.25, -0.2) is 4.98 Å². The Balaban J connectivity index is 0.00000338. The minimum atomic E-state index is 0. The molecular formula is C19H29IN4OS. The summed E-state index contributed by atoms with van der Waals surface area (Å²) in [5.41, 5.74) is 3.47. The Hall–Kier alpha value is -1.35. The van der Waals surface area contributed by atoms with Crippen LogP contribution in [0, 0.1) is 13.8 Å². The number of hydrogen-bond acceptors (Lipinski definition) is 4. The van der Waals surface area contributed by atoms with Crippen molar-refractivity contribution in [3.63, 3.8) is 0 Å². The second-order valence-electron chi connectivity index (χ2n) is 5.92. The summed E-state index contributed by atoms with van der Waals surface area (Å²) in [6.07, 6.45) is 1.89. The number of guanidine groups is 1. The normalized spacial score (nSPS) is 11.0. The minimum absolute atomic E-state index is 0. The molecule has 0 spiro atoms. The maximum atomic E-state index is 5.87. The summed E-state index contributed by atoms with van der Waals surface area (Å²) >= 11 is 1.69. The highest BCUT2D eigenvalue weighted by molar-refractivity contribution is 14.0. The van der Waals surface area contributed by atoms with Gasteiger partial charge in [-0.3, -0.25) is 4.99 Å². The predicted molar refractivity (Wildman–Crippen MR) is 121 cm³/mol. The number of benzene rings is 1. The first-order chi connectivity index (χ1) is 12.1. The smallest absolute Gasteiger partial charge is 0.191 e. The van der Waals surface area contributed by atoms with Crippen LogP contribution in [-0.2, 0) is 13.0 Å². The van der Waals surface area contributed by atoms with Gasteiger partial charge < -0.3 is 15.4 Å². The molecule has 0 fully saturated rings. The Morgan fingerprint density at radius 3 is 2.73 bits per heavy atom. The van der Waals surface area contributed by atoms with Crippen LogP contribution in [0.25, 0.3) is 0 Å². The highest BCUT2D eigenvalue weighted by Crippen LogP contribution is 2.20. The molecule has 2 rings (SSSR count). The van der Waals surface area contributed by atoms with Gasteiger partial charge in [-0.2, -0.15) is 0 Å². The Labute approximate surface area is 177 Å². The van der Waals surface area contributed by atoms with E-state index >= 15 is 0 Å². The Morgan fingerprint density at radius 2 is 2.08 bits per heavy atom. The van der Waals surface area contributed by atoms with Crippen molar-refractivity contribution in [2.45, 2.75) is 40.2 Å². The first-order valence-corrected chi connectivity index (χ1v) is 9.58. The van der Waals surface area contributed by atoms with E-state index in [2.05, 4.69) is 58.0 Å². The second kappa shape index (κ2) is 12.1. The second-order valence-corrected chi connectivity index (χ2v) is 6.98. The predicted octanol–water partition coefficient (Wildman–Crippen LogP) is 4.07. The first kappa shape index (κ1) is 22.7. The van der Waals surface area contributed by atoms with Crippen LogP contribution in [-0.4, -0.2) is 31.1 Å². The van der Waals surface area contributed by atoms with Gasteiger partial charge >= 0.3 is 0 Å². The lowest BCUT2D eigenvalue weighted by Gasteiger charge is -2.15. The molecule has 26 heavy (non-hydrogen) atoms. The maximum Gasteiger partial charge on any atom is 0.191 e. The van der Waals surface area contributed by atoms with Crippen LogP contribution in [0.3, 0.4) is 0 Å². The lowest BCUT2D eigenvalue weighted by Crippen LogP contribution is -2.38. The molecule has 5 nitrogen and oxygen atoms in total. The van der Waals surface area contributed by atoms with Crippen LogP contribution in [0.5, 0.6) is 5.75 Å². The molecule has 7 heteroatoms. The van der Waals surface area contributed by atoms with Gasteiger partial charge in [-0.1, -0.05) is 19.1 Å². The average molecular weight is 488 g/mol. The van der Waals surface area contributed by atoms with Crippen molar-refractivity contribution in [1.82, 2.24) is 15.6 Å². The topological polar surface area (TPSA) is 58.5 Å². The lowest BCUT2D eigenvalue weighted by molar-refractivity contribution is 0.313. The lowest BCUT2D eigenvalue weighted by atomic mass is 10.1. The molecule has 0 aliphatic rings. The first-order valence-electron chi connectivity index (χ1n) is 8.70. The molecule has 0 atom stereocenters. The van der Waals surface area contributed by atoms with Crippen molar-refractivity contribution in [1.29, 1.82) is 0 Å². The van der Waals surface area contributed by atoms with Crippen molar-refractivity contribution in [3.05, 3.63) is 45.4 Å². The van der Waals surface area contributed by atoms with E-state index in [0.29, 0.717) is 6.54 Å². The highest BCUT2D eigenvalue weighted by atomic mass is 127. The Bertz CT molecular complexity index is 703. The summed E-state index contributed by atoms with van der Waals surface area (Å²) in [6, 6.07) is 6.31. The number of nitrogens with zero attached hydrogens (tertiary/aromatic N) is 2. The summed E-state index contributed by atoms with van der Waals surface area (Å²) < 4.78 is 5.87. The third kappa shape index (κ3) is 7.49. The van der Waals surface area contributed by atoms with E-state index in [1.807, 2.05) is 6.92 Å². The number of hydrogen-bond donors (Lipinski definition) is 2. The molecule has 2 aromatic rings. The molecule has 0 aliphatic heterocycles. The molecule has 2 N–H and O–H groups in total. The quantitative estimate of drug-likeness (QED) is 0.334. The minimum Gasteiger partial charge on any atom is -0.493 e. The fourth-order valence-electron chi connectivity index (χ4n) is 2.39. The summed E-state index contributed by atoms with van der Waals surface area (Å²) in [5.74, 6) is 1.73.